The molecule has 0 amide bonds. The Bertz CT molecular complexity index is 253. The number of nitrogens with zero attached hydrogens (tertiary/aromatic N) is 1. The summed E-state index contributed by atoms with van der Waals surface area (Å²) in [6.45, 7) is 8.29. The van der Waals surface area contributed by atoms with Crippen LogP contribution >= 0.6 is 0 Å². The van der Waals surface area contributed by atoms with Crippen molar-refractivity contribution < 1.29 is 0 Å². The lowest BCUT2D eigenvalue weighted by atomic mass is 10.3. The molecule has 0 aliphatic heterocycles. The van der Waals surface area contributed by atoms with Gasteiger partial charge in [0.1, 0.15) is 5.82 Å². The molecule has 1 heterocycles. The lowest BCUT2D eigenvalue weighted by Gasteiger charge is -1.97. The first-order valence-electron chi connectivity index (χ1n) is 5.03. The van der Waals surface area contributed by atoms with Gasteiger partial charge in [0.25, 0.3) is 0 Å². The minimum atomic E-state index is 0.856. The van der Waals surface area contributed by atoms with Crippen LogP contribution in [0, 0.1) is 6.92 Å². The summed E-state index contributed by atoms with van der Waals surface area (Å²) >= 11 is 0. The minimum Gasteiger partial charge on any atom is -0.345 e. The van der Waals surface area contributed by atoms with Crippen LogP contribution < -0.4 is 5.32 Å². The highest BCUT2D eigenvalue weighted by Gasteiger charge is 2.02. The highest BCUT2D eigenvalue weighted by atomic mass is 15.0. The molecule has 2 N–H and O–H groups in total. The zero-order chi connectivity index (χ0) is 9.68. The third-order valence-corrected chi connectivity index (χ3v) is 2.09. The van der Waals surface area contributed by atoms with Crippen molar-refractivity contribution in [2.75, 3.05) is 6.54 Å². The highest BCUT2D eigenvalue weighted by molar-refractivity contribution is 5.12. The number of aromatic nitrogens is 2. The molecule has 0 aliphatic rings. The normalized spacial score (nSPS) is 10.7. The van der Waals surface area contributed by atoms with E-state index in [0.717, 1.165) is 25.3 Å². The molecule has 0 bridgehead atoms. The van der Waals surface area contributed by atoms with Crippen LogP contribution in [0.4, 0.5) is 0 Å². The van der Waals surface area contributed by atoms with E-state index in [0.29, 0.717) is 0 Å². The van der Waals surface area contributed by atoms with Crippen LogP contribution in [-0.2, 0) is 13.0 Å². The van der Waals surface area contributed by atoms with Gasteiger partial charge in [0.05, 0.1) is 12.2 Å². The molecule has 0 aliphatic carbocycles. The molecule has 0 spiro atoms. The van der Waals surface area contributed by atoms with Crippen molar-refractivity contribution in [1.82, 2.24) is 15.3 Å². The molecule has 0 saturated heterocycles. The molecule has 74 valence electrons. The third kappa shape index (κ3) is 2.84. The molecule has 0 aromatic carbocycles. The first-order valence-corrected chi connectivity index (χ1v) is 5.03. The SMILES string of the molecule is CCCNCc1nc(CC)c(C)[nH]1. The lowest BCUT2D eigenvalue weighted by Crippen LogP contribution is -2.14. The van der Waals surface area contributed by atoms with Crippen LogP contribution in [0.5, 0.6) is 0 Å². The quantitative estimate of drug-likeness (QED) is 0.680. The Kier molecular flexibility index (Phi) is 3.96. The number of rotatable bonds is 5. The number of imidazole rings is 1. The fourth-order valence-electron chi connectivity index (χ4n) is 1.37. The largest absolute Gasteiger partial charge is 0.345 e. The second-order valence-electron chi connectivity index (χ2n) is 3.29. The zero-order valence-electron chi connectivity index (χ0n) is 8.78. The Balaban J connectivity index is 2.48. The van der Waals surface area contributed by atoms with Crippen molar-refractivity contribution in [3.8, 4) is 0 Å². The molecule has 3 nitrogen and oxygen atoms in total. The Labute approximate surface area is 80.0 Å². The van der Waals surface area contributed by atoms with Gasteiger partial charge in [-0.1, -0.05) is 13.8 Å². The first kappa shape index (κ1) is 10.3. The molecule has 1 aromatic rings. The van der Waals surface area contributed by atoms with Gasteiger partial charge in [0.2, 0.25) is 0 Å². The van der Waals surface area contributed by atoms with Crippen LogP contribution in [0.2, 0.25) is 0 Å². The average Bonchev–Trinajstić information content (AvgIpc) is 2.47. The van der Waals surface area contributed by atoms with Gasteiger partial charge < -0.3 is 10.3 Å². The van der Waals surface area contributed by atoms with Gasteiger partial charge in [0.15, 0.2) is 0 Å². The van der Waals surface area contributed by atoms with E-state index < -0.39 is 0 Å². The summed E-state index contributed by atoms with van der Waals surface area (Å²) in [5, 5.41) is 3.32. The number of aryl methyl sites for hydroxylation is 2. The van der Waals surface area contributed by atoms with Crippen LogP contribution in [-0.4, -0.2) is 16.5 Å². The van der Waals surface area contributed by atoms with Crippen molar-refractivity contribution >= 4 is 0 Å². The van der Waals surface area contributed by atoms with Crippen LogP contribution in [0.25, 0.3) is 0 Å². The van der Waals surface area contributed by atoms with Gasteiger partial charge in [-0.2, -0.15) is 0 Å². The fourth-order valence-corrected chi connectivity index (χ4v) is 1.37. The smallest absolute Gasteiger partial charge is 0.120 e. The van der Waals surface area contributed by atoms with E-state index >= 15 is 0 Å². The Morgan fingerprint density at radius 1 is 1.38 bits per heavy atom. The predicted octanol–water partition coefficient (Wildman–Crippen LogP) is 1.78. The summed E-state index contributed by atoms with van der Waals surface area (Å²) in [4.78, 5) is 7.76. The molecule has 1 aromatic heterocycles. The van der Waals surface area contributed by atoms with E-state index in [9.17, 15) is 0 Å². The molecule has 0 unspecified atom stereocenters. The second-order valence-corrected chi connectivity index (χ2v) is 3.29. The summed E-state index contributed by atoms with van der Waals surface area (Å²) in [5.41, 5.74) is 2.39. The predicted molar refractivity (Wildman–Crippen MR) is 54.7 cm³/mol. The van der Waals surface area contributed by atoms with E-state index in [1.165, 1.54) is 17.8 Å². The third-order valence-electron chi connectivity index (χ3n) is 2.09. The number of aromatic amines is 1. The van der Waals surface area contributed by atoms with Crippen LogP contribution in [0.3, 0.4) is 0 Å². The highest BCUT2D eigenvalue weighted by Crippen LogP contribution is 2.04. The summed E-state index contributed by atoms with van der Waals surface area (Å²) in [5.74, 6) is 1.06. The molecule has 13 heavy (non-hydrogen) atoms. The lowest BCUT2D eigenvalue weighted by molar-refractivity contribution is 0.654. The maximum Gasteiger partial charge on any atom is 0.120 e. The van der Waals surface area contributed by atoms with E-state index in [-0.39, 0.29) is 0 Å². The number of nitrogens with one attached hydrogen (secondary N) is 2. The number of hydrogen-bond acceptors (Lipinski definition) is 2. The Hall–Kier alpha value is -0.830. The van der Waals surface area contributed by atoms with Crippen molar-refractivity contribution in [1.29, 1.82) is 0 Å². The molecular weight excluding hydrogens is 162 g/mol. The van der Waals surface area contributed by atoms with E-state index in [4.69, 9.17) is 0 Å². The van der Waals surface area contributed by atoms with Gasteiger partial charge in [-0.05, 0) is 26.3 Å². The standard InChI is InChI=1S/C10H19N3/c1-4-6-11-7-10-12-8(3)9(5-2)13-10/h11H,4-7H2,1-3H3,(H,12,13). The molecule has 0 saturated carbocycles. The van der Waals surface area contributed by atoms with Crippen LogP contribution in [0.1, 0.15) is 37.5 Å². The summed E-state index contributed by atoms with van der Waals surface area (Å²) in [6, 6.07) is 0. The van der Waals surface area contributed by atoms with E-state index in [1.807, 2.05) is 0 Å². The second kappa shape index (κ2) is 5.02. The van der Waals surface area contributed by atoms with Crippen molar-refractivity contribution in [2.24, 2.45) is 0 Å². The van der Waals surface area contributed by atoms with Crippen molar-refractivity contribution in [2.45, 2.75) is 40.2 Å². The number of hydrogen-bond donors (Lipinski definition) is 2. The Morgan fingerprint density at radius 2 is 2.15 bits per heavy atom. The zero-order valence-corrected chi connectivity index (χ0v) is 8.78. The van der Waals surface area contributed by atoms with Gasteiger partial charge in [-0.15, -0.1) is 0 Å². The first-order chi connectivity index (χ1) is 6.27. The molecule has 1 rings (SSSR count). The van der Waals surface area contributed by atoms with E-state index in [1.54, 1.807) is 0 Å². The minimum absolute atomic E-state index is 0.856. The maximum atomic E-state index is 4.48. The van der Waals surface area contributed by atoms with Gasteiger partial charge in [-0.25, -0.2) is 4.98 Å². The van der Waals surface area contributed by atoms with E-state index in [2.05, 4.69) is 36.1 Å². The van der Waals surface area contributed by atoms with Crippen LogP contribution in [0.15, 0.2) is 0 Å². The molecule has 0 atom stereocenters. The molecule has 0 radical (unpaired) electrons. The van der Waals surface area contributed by atoms with Crippen molar-refractivity contribution in [3.05, 3.63) is 17.2 Å². The summed E-state index contributed by atoms with van der Waals surface area (Å²) < 4.78 is 0. The maximum absolute atomic E-state index is 4.48. The molecular formula is C10H19N3. The average molecular weight is 181 g/mol. The van der Waals surface area contributed by atoms with Gasteiger partial charge in [-0.3, -0.25) is 0 Å². The fraction of sp³-hybridized carbons (Fsp3) is 0.700. The summed E-state index contributed by atoms with van der Waals surface area (Å²) in [7, 11) is 0. The summed E-state index contributed by atoms with van der Waals surface area (Å²) in [6.07, 6.45) is 2.18. The number of H-pyrrole nitrogens is 1. The molecule has 0 fully saturated rings. The van der Waals surface area contributed by atoms with Crippen molar-refractivity contribution in [3.63, 3.8) is 0 Å². The van der Waals surface area contributed by atoms with Gasteiger partial charge >= 0.3 is 0 Å². The molecule has 3 heteroatoms. The van der Waals surface area contributed by atoms with Gasteiger partial charge in [0, 0.05) is 5.69 Å². The Morgan fingerprint density at radius 3 is 2.69 bits per heavy atom. The topological polar surface area (TPSA) is 40.7 Å². The monoisotopic (exact) mass is 181 g/mol.